The summed E-state index contributed by atoms with van der Waals surface area (Å²) in [6.45, 7) is 9.90. The van der Waals surface area contributed by atoms with Crippen molar-refractivity contribution in [1.29, 1.82) is 0 Å². The molecule has 1 heterocycles. The molecule has 1 aromatic carbocycles. The normalized spacial score (nSPS) is 17.9. The number of benzene rings is 1. The van der Waals surface area contributed by atoms with Gasteiger partial charge in [-0.05, 0) is 24.5 Å². The van der Waals surface area contributed by atoms with E-state index in [0.717, 1.165) is 11.1 Å². The fourth-order valence-electron chi connectivity index (χ4n) is 3.12. The molecule has 136 valence electrons. The highest BCUT2D eigenvalue weighted by molar-refractivity contribution is 5.88. The van der Waals surface area contributed by atoms with E-state index in [4.69, 9.17) is 0 Å². The van der Waals surface area contributed by atoms with E-state index in [1.165, 1.54) is 11.0 Å². The van der Waals surface area contributed by atoms with Gasteiger partial charge in [-0.2, -0.15) is 0 Å². The Bertz CT molecular complexity index is 632. The van der Waals surface area contributed by atoms with Crippen molar-refractivity contribution in [3.05, 3.63) is 48.0 Å². The van der Waals surface area contributed by atoms with Crippen LogP contribution in [0, 0.1) is 12.8 Å². The molecule has 0 aromatic heterocycles. The number of carbonyl (C=O) groups excluding carboxylic acids is 2. The third-order valence-corrected chi connectivity index (χ3v) is 4.84. The van der Waals surface area contributed by atoms with Gasteiger partial charge in [-0.15, -0.1) is 0 Å². The van der Waals surface area contributed by atoms with Gasteiger partial charge in [0, 0.05) is 25.9 Å². The van der Waals surface area contributed by atoms with Crippen LogP contribution in [0.25, 0.3) is 0 Å². The van der Waals surface area contributed by atoms with Crippen LogP contribution in [0.5, 0.6) is 0 Å². The molecule has 25 heavy (non-hydrogen) atoms. The van der Waals surface area contributed by atoms with Gasteiger partial charge < -0.3 is 10.2 Å². The van der Waals surface area contributed by atoms with E-state index in [1.54, 1.807) is 0 Å². The Morgan fingerprint density at radius 2 is 1.80 bits per heavy atom. The number of likely N-dealkylation sites (tertiary alicyclic amines) is 1. The summed E-state index contributed by atoms with van der Waals surface area (Å²) in [5.74, 6) is -0.669. The molecule has 1 fully saturated rings. The maximum Gasteiger partial charge on any atom is 0.258 e. The molecule has 0 bridgehead atoms. The summed E-state index contributed by atoms with van der Waals surface area (Å²) in [4.78, 5) is 25.7. The van der Waals surface area contributed by atoms with Gasteiger partial charge in [0.2, 0.25) is 5.91 Å². The molecule has 1 N–H and O–H groups in total. The Morgan fingerprint density at radius 3 is 2.28 bits per heavy atom. The number of rotatable bonds is 5. The number of nitrogens with one attached hydrogen (secondary N) is 1. The third kappa shape index (κ3) is 4.47. The van der Waals surface area contributed by atoms with Gasteiger partial charge >= 0.3 is 0 Å². The molecule has 0 aliphatic carbocycles. The second-order valence-electron chi connectivity index (χ2n) is 7.10. The van der Waals surface area contributed by atoms with Gasteiger partial charge in [-0.3, -0.25) is 9.59 Å². The van der Waals surface area contributed by atoms with Gasteiger partial charge in [0.05, 0.1) is 6.04 Å². The molecule has 1 saturated heterocycles. The maximum atomic E-state index is 15.1. The zero-order valence-electron chi connectivity index (χ0n) is 15.2. The molecule has 0 spiro atoms. The fourth-order valence-corrected chi connectivity index (χ4v) is 3.12. The smallest absolute Gasteiger partial charge is 0.258 e. The summed E-state index contributed by atoms with van der Waals surface area (Å²) in [6.07, 6.45) is 1.24. The van der Waals surface area contributed by atoms with Crippen LogP contribution in [-0.2, 0) is 9.59 Å². The number of hydrogen-bond acceptors (Lipinski definition) is 2. The van der Waals surface area contributed by atoms with Gasteiger partial charge in [0.1, 0.15) is 0 Å². The quantitative estimate of drug-likeness (QED) is 0.832. The number of alkyl halides is 1. The monoisotopic (exact) mass is 346 g/mol. The second-order valence-corrected chi connectivity index (χ2v) is 7.10. The predicted molar refractivity (Wildman–Crippen MR) is 96.8 cm³/mol. The molecule has 1 aliphatic rings. The maximum absolute atomic E-state index is 15.1. The number of hydrogen-bond donors (Lipinski definition) is 1. The number of carbonyl (C=O) groups is 2. The predicted octanol–water partition coefficient (Wildman–Crippen LogP) is 3.33. The van der Waals surface area contributed by atoms with Crippen LogP contribution in [0.1, 0.15) is 43.9 Å². The lowest BCUT2D eigenvalue weighted by atomic mass is 9.89. The van der Waals surface area contributed by atoms with E-state index in [1.807, 2.05) is 45.0 Å². The molecule has 1 atom stereocenters. The molecule has 1 aromatic rings. The van der Waals surface area contributed by atoms with Crippen LogP contribution in [0.4, 0.5) is 4.39 Å². The van der Waals surface area contributed by atoms with Crippen molar-refractivity contribution in [2.75, 3.05) is 13.1 Å². The number of amides is 2. The van der Waals surface area contributed by atoms with Crippen molar-refractivity contribution < 1.29 is 14.0 Å². The minimum Gasteiger partial charge on any atom is -0.346 e. The first-order valence-electron chi connectivity index (χ1n) is 8.74. The SMILES string of the molecule is C=CC(=O)N1CCC(F)(C(=O)N[C@H](c2ccc(C)cc2)C(C)C)CC1. The van der Waals surface area contributed by atoms with Crippen molar-refractivity contribution in [2.24, 2.45) is 5.92 Å². The van der Waals surface area contributed by atoms with Crippen molar-refractivity contribution in [2.45, 2.75) is 45.3 Å². The van der Waals surface area contributed by atoms with Crippen LogP contribution in [0.2, 0.25) is 0 Å². The highest BCUT2D eigenvalue weighted by Crippen LogP contribution is 2.30. The Morgan fingerprint density at radius 1 is 1.24 bits per heavy atom. The molecule has 2 rings (SSSR count). The van der Waals surface area contributed by atoms with E-state index < -0.39 is 11.6 Å². The first-order valence-corrected chi connectivity index (χ1v) is 8.74. The fraction of sp³-hybridized carbons (Fsp3) is 0.500. The van der Waals surface area contributed by atoms with E-state index >= 15 is 4.39 Å². The molecule has 5 heteroatoms. The Labute approximate surface area is 149 Å². The summed E-state index contributed by atoms with van der Waals surface area (Å²) in [5.41, 5.74) is 0.172. The third-order valence-electron chi connectivity index (χ3n) is 4.84. The lowest BCUT2D eigenvalue weighted by Gasteiger charge is -2.36. The summed E-state index contributed by atoms with van der Waals surface area (Å²) in [6, 6.07) is 7.67. The first-order chi connectivity index (χ1) is 11.8. The van der Waals surface area contributed by atoms with E-state index in [9.17, 15) is 9.59 Å². The van der Waals surface area contributed by atoms with Crippen molar-refractivity contribution in [3.8, 4) is 0 Å². The Kier molecular flexibility index (Phi) is 5.98. The molecule has 4 nitrogen and oxygen atoms in total. The Balaban J connectivity index is 2.07. The van der Waals surface area contributed by atoms with Gasteiger partial charge in [-0.1, -0.05) is 50.3 Å². The van der Waals surface area contributed by atoms with Gasteiger partial charge in [0.25, 0.3) is 5.91 Å². The number of piperidine rings is 1. The van der Waals surface area contributed by atoms with Gasteiger partial charge in [-0.25, -0.2) is 4.39 Å². The Hall–Kier alpha value is -2.17. The average Bonchev–Trinajstić information content (AvgIpc) is 2.60. The van der Waals surface area contributed by atoms with Crippen molar-refractivity contribution in [3.63, 3.8) is 0 Å². The van der Waals surface area contributed by atoms with Crippen molar-refractivity contribution >= 4 is 11.8 Å². The lowest BCUT2D eigenvalue weighted by Crippen LogP contribution is -2.53. The minimum absolute atomic E-state index is 0.0110. The molecular formula is C20H27FN2O2. The molecule has 0 radical (unpaired) electrons. The second kappa shape index (κ2) is 7.81. The van der Waals surface area contributed by atoms with Crippen LogP contribution in [0.15, 0.2) is 36.9 Å². The summed E-state index contributed by atoms with van der Waals surface area (Å²) >= 11 is 0. The largest absolute Gasteiger partial charge is 0.346 e. The van der Waals surface area contributed by atoms with E-state index in [-0.39, 0.29) is 43.8 Å². The zero-order valence-corrected chi connectivity index (χ0v) is 15.2. The topological polar surface area (TPSA) is 49.4 Å². The molecule has 0 unspecified atom stereocenters. The molecular weight excluding hydrogens is 319 g/mol. The molecule has 1 aliphatic heterocycles. The standard InChI is InChI=1S/C20H27FN2O2/c1-5-17(24)23-12-10-20(21,11-13-23)19(25)22-18(14(2)3)16-8-6-15(4)7-9-16/h5-9,14,18H,1,10-13H2,2-4H3,(H,22,25)/t18-/m0/s1. The minimum atomic E-state index is -1.93. The highest BCUT2D eigenvalue weighted by atomic mass is 19.1. The number of nitrogens with zero attached hydrogens (tertiary/aromatic N) is 1. The van der Waals surface area contributed by atoms with Crippen molar-refractivity contribution in [1.82, 2.24) is 10.2 Å². The van der Waals surface area contributed by atoms with E-state index in [2.05, 4.69) is 11.9 Å². The first kappa shape index (κ1) is 19.2. The van der Waals surface area contributed by atoms with Crippen LogP contribution < -0.4 is 5.32 Å². The van der Waals surface area contributed by atoms with Crippen LogP contribution in [0.3, 0.4) is 0 Å². The lowest BCUT2D eigenvalue weighted by molar-refractivity contribution is -0.141. The molecule has 0 saturated carbocycles. The number of aryl methyl sites for hydroxylation is 1. The summed E-state index contributed by atoms with van der Waals surface area (Å²) in [7, 11) is 0. The highest BCUT2D eigenvalue weighted by Gasteiger charge is 2.43. The zero-order chi connectivity index (χ0) is 18.6. The van der Waals surface area contributed by atoms with Crippen LogP contribution in [-0.4, -0.2) is 35.5 Å². The summed E-state index contributed by atoms with van der Waals surface area (Å²) < 4.78 is 15.1. The molecule has 2 amide bonds. The summed E-state index contributed by atoms with van der Waals surface area (Å²) in [5, 5.41) is 2.88. The van der Waals surface area contributed by atoms with E-state index in [0.29, 0.717) is 0 Å². The average molecular weight is 346 g/mol. The number of halogens is 1. The van der Waals surface area contributed by atoms with Crippen LogP contribution >= 0.6 is 0 Å². The van der Waals surface area contributed by atoms with Gasteiger partial charge in [0.15, 0.2) is 5.67 Å².